The monoisotopic (exact) mass is 276 g/mol. The highest BCUT2D eigenvalue weighted by Crippen LogP contribution is 2.31. The summed E-state index contributed by atoms with van der Waals surface area (Å²) in [5.74, 6) is 0.743. The predicted molar refractivity (Wildman–Crippen MR) is 83.5 cm³/mol. The number of hydrogen-bond acceptors (Lipinski definition) is 2. The standard InChI is InChI=1S/C17H28N2O/c1-3-4-10-18-13-15-7-5-8-16(12-15)17-9-6-11-19(17)14(2)20/h5,7-8,16-18H,3-4,6,9-13H2,1-2H3. The maximum Gasteiger partial charge on any atom is 0.219 e. The molecule has 3 nitrogen and oxygen atoms in total. The van der Waals surface area contributed by atoms with Crippen LogP contribution in [0.25, 0.3) is 0 Å². The topological polar surface area (TPSA) is 32.3 Å². The van der Waals surface area contributed by atoms with Gasteiger partial charge in [0, 0.05) is 32.0 Å². The van der Waals surface area contributed by atoms with Gasteiger partial charge in [-0.1, -0.05) is 37.1 Å². The smallest absolute Gasteiger partial charge is 0.219 e. The third-order valence-electron chi connectivity index (χ3n) is 4.45. The second kappa shape index (κ2) is 7.63. The molecule has 0 radical (unpaired) electrons. The number of allylic oxidation sites excluding steroid dienone is 2. The number of carbonyl (C=O) groups excluding carboxylic acids is 1. The minimum absolute atomic E-state index is 0.234. The van der Waals surface area contributed by atoms with Crippen LogP contribution in [0.4, 0.5) is 0 Å². The van der Waals surface area contributed by atoms with Crippen LogP contribution in [0, 0.1) is 5.92 Å². The maximum absolute atomic E-state index is 11.7. The fourth-order valence-electron chi connectivity index (χ4n) is 3.35. The van der Waals surface area contributed by atoms with E-state index in [1.807, 2.05) is 0 Å². The molecule has 2 unspecified atom stereocenters. The average molecular weight is 276 g/mol. The summed E-state index contributed by atoms with van der Waals surface area (Å²) >= 11 is 0. The van der Waals surface area contributed by atoms with Gasteiger partial charge in [-0.15, -0.1) is 0 Å². The summed E-state index contributed by atoms with van der Waals surface area (Å²) in [6.45, 7) is 6.96. The van der Waals surface area contributed by atoms with Crippen molar-refractivity contribution in [3.8, 4) is 0 Å². The van der Waals surface area contributed by atoms with Crippen LogP contribution in [0.3, 0.4) is 0 Å². The molecule has 0 bridgehead atoms. The molecule has 3 heteroatoms. The van der Waals surface area contributed by atoms with Crippen LogP contribution in [-0.2, 0) is 4.79 Å². The average Bonchev–Trinajstić information content (AvgIpc) is 2.94. The number of nitrogens with one attached hydrogen (secondary N) is 1. The first kappa shape index (κ1) is 15.3. The molecule has 1 aliphatic carbocycles. The van der Waals surface area contributed by atoms with E-state index >= 15 is 0 Å². The Kier molecular flexibility index (Phi) is 5.84. The van der Waals surface area contributed by atoms with Gasteiger partial charge >= 0.3 is 0 Å². The molecule has 2 rings (SSSR count). The zero-order chi connectivity index (χ0) is 14.4. The van der Waals surface area contributed by atoms with E-state index in [0.717, 1.165) is 38.9 Å². The fraction of sp³-hybridized carbons (Fsp3) is 0.706. The van der Waals surface area contributed by atoms with Crippen LogP contribution < -0.4 is 5.32 Å². The molecule has 2 atom stereocenters. The Labute approximate surface area is 123 Å². The molecule has 20 heavy (non-hydrogen) atoms. The van der Waals surface area contributed by atoms with Gasteiger partial charge in [-0.2, -0.15) is 0 Å². The largest absolute Gasteiger partial charge is 0.339 e. The fourth-order valence-corrected chi connectivity index (χ4v) is 3.35. The minimum atomic E-state index is 0.234. The normalized spacial score (nSPS) is 25.9. The van der Waals surface area contributed by atoms with Crippen LogP contribution in [0.5, 0.6) is 0 Å². The second-order valence-corrected chi connectivity index (χ2v) is 6.03. The number of rotatable bonds is 6. The van der Waals surface area contributed by atoms with Crippen molar-refractivity contribution in [2.24, 2.45) is 5.92 Å². The number of likely N-dealkylation sites (tertiary alicyclic amines) is 1. The van der Waals surface area contributed by atoms with Crippen molar-refractivity contribution in [1.82, 2.24) is 10.2 Å². The van der Waals surface area contributed by atoms with Gasteiger partial charge in [0.2, 0.25) is 5.91 Å². The highest BCUT2D eigenvalue weighted by Gasteiger charge is 2.32. The SMILES string of the molecule is CCCCNCC1=CC=CC(C2CCCN2C(C)=O)C1. The van der Waals surface area contributed by atoms with Crippen molar-refractivity contribution in [2.75, 3.05) is 19.6 Å². The van der Waals surface area contributed by atoms with Crippen molar-refractivity contribution in [3.63, 3.8) is 0 Å². The zero-order valence-electron chi connectivity index (χ0n) is 12.9. The van der Waals surface area contributed by atoms with Crippen molar-refractivity contribution in [2.45, 2.75) is 52.0 Å². The van der Waals surface area contributed by atoms with Gasteiger partial charge in [0.05, 0.1) is 0 Å². The summed E-state index contributed by atoms with van der Waals surface area (Å²) in [4.78, 5) is 13.8. The highest BCUT2D eigenvalue weighted by atomic mass is 16.2. The van der Waals surface area contributed by atoms with E-state index in [9.17, 15) is 4.79 Å². The minimum Gasteiger partial charge on any atom is -0.339 e. The number of nitrogens with zero attached hydrogens (tertiary/aromatic N) is 1. The van der Waals surface area contributed by atoms with E-state index in [1.165, 1.54) is 18.4 Å². The van der Waals surface area contributed by atoms with Crippen LogP contribution in [0.2, 0.25) is 0 Å². The first-order chi connectivity index (χ1) is 9.72. The van der Waals surface area contributed by atoms with Crippen molar-refractivity contribution in [3.05, 3.63) is 23.8 Å². The Bertz CT molecular complexity index is 386. The van der Waals surface area contributed by atoms with Crippen molar-refractivity contribution >= 4 is 5.91 Å². The Morgan fingerprint density at radius 1 is 1.50 bits per heavy atom. The van der Waals surface area contributed by atoms with Gasteiger partial charge < -0.3 is 10.2 Å². The van der Waals surface area contributed by atoms with E-state index in [4.69, 9.17) is 0 Å². The number of unbranched alkanes of at least 4 members (excludes halogenated alkanes) is 1. The van der Waals surface area contributed by atoms with Crippen LogP contribution >= 0.6 is 0 Å². The van der Waals surface area contributed by atoms with Crippen LogP contribution in [0.15, 0.2) is 23.8 Å². The molecule has 1 N–H and O–H groups in total. The molecule has 0 aromatic carbocycles. The summed E-state index contributed by atoms with van der Waals surface area (Å²) in [7, 11) is 0. The lowest BCUT2D eigenvalue weighted by atomic mass is 9.87. The lowest BCUT2D eigenvalue weighted by Gasteiger charge is -2.31. The number of amides is 1. The lowest BCUT2D eigenvalue weighted by Crippen LogP contribution is -2.39. The third kappa shape index (κ3) is 3.95. The van der Waals surface area contributed by atoms with Gasteiger partial charge in [-0.3, -0.25) is 4.79 Å². The van der Waals surface area contributed by atoms with E-state index in [-0.39, 0.29) is 5.91 Å². The third-order valence-corrected chi connectivity index (χ3v) is 4.45. The van der Waals surface area contributed by atoms with Gasteiger partial charge in [-0.25, -0.2) is 0 Å². The summed E-state index contributed by atoms with van der Waals surface area (Å²) < 4.78 is 0. The summed E-state index contributed by atoms with van der Waals surface area (Å²) in [5.41, 5.74) is 1.48. The summed E-state index contributed by atoms with van der Waals surface area (Å²) in [5, 5.41) is 3.52. The highest BCUT2D eigenvalue weighted by molar-refractivity contribution is 5.74. The van der Waals surface area contributed by atoms with Crippen LogP contribution in [-0.4, -0.2) is 36.5 Å². The first-order valence-electron chi connectivity index (χ1n) is 8.06. The molecule has 1 aliphatic heterocycles. The van der Waals surface area contributed by atoms with E-state index in [0.29, 0.717) is 12.0 Å². The Morgan fingerprint density at radius 2 is 2.35 bits per heavy atom. The number of carbonyl (C=O) groups is 1. The van der Waals surface area contributed by atoms with E-state index in [2.05, 4.69) is 35.4 Å². The number of hydrogen-bond donors (Lipinski definition) is 1. The van der Waals surface area contributed by atoms with Crippen molar-refractivity contribution < 1.29 is 4.79 Å². The Morgan fingerprint density at radius 3 is 3.10 bits per heavy atom. The molecule has 1 amide bonds. The molecular formula is C17H28N2O. The quantitative estimate of drug-likeness (QED) is 0.757. The molecule has 2 aliphatic rings. The predicted octanol–water partition coefficient (Wildman–Crippen LogP) is 2.89. The van der Waals surface area contributed by atoms with Gasteiger partial charge in [-0.05, 0) is 32.2 Å². The lowest BCUT2D eigenvalue weighted by molar-refractivity contribution is -0.130. The molecule has 1 saturated heterocycles. The molecule has 0 saturated carbocycles. The Balaban J connectivity index is 1.85. The molecule has 112 valence electrons. The van der Waals surface area contributed by atoms with E-state index in [1.54, 1.807) is 6.92 Å². The summed E-state index contributed by atoms with van der Waals surface area (Å²) in [6.07, 6.45) is 12.6. The van der Waals surface area contributed by atoms with Gasteiger partial charge in [0.15, 0.2) is 0 Å². The van der Waals surface area contributed by atoms with Crippen LogP contribution in [0.1, 0.15) is 46.0 Å². The zero-order valence-corrected chi connectivity index (χ0v) is 12.9. The van der Waals surface area contributed by atoms with Gasteiger partial charge in [0.25, 0.3) is 0 Å². The molecular weight excluding hydrogens is 248 g/mol. The van der Waals surface area contributed by atoms with E-state index < -0.39 is 0 Å². The van der Waals surface area contributed by atoms with Gasteiger partial charge in [0.1, 0.15) is 0 Å². The molecule has 1 fully saturated rings. The molecule has 0 spiro atoms. The first-order valence-corrected chi connectivity index (χ1v) is 8.06. The maximum atomic E-state index is 11.7. The second-order valence-electron chi connectivity index (χ2n) is 6.03. The molecule has 0 aromatic heterocycles. The summed E-state index contributed by atoms with van der Waals surface area (Å²) in [6, 6.07) is 0.420. The van der Waals surface area contributed by atoms with Crippen molar-refractivity contribution in [1.29, 1.82) is 0 Å². The Hall–Kier alpha value is -1.09. The molecule has 1 heterocycles. The molecule has 0 aromatic rings.